The van der Waals surface area contributed by atoms with Crippen LogP contribution in [0.5, 0.6) is 0 Å². The molecule has 2 aromatic rings. The number of thioether (sulfide) groups is 1. The largest absolute Gasteiger partial charge is 0.348 e. The molecule has 1 aliphatic carbocycles. The monoisotopic (exact) mass is 337 g/mol. The molecule has 0 fully saturated rings. The molecule has 22 heavy (non-hydrogen) atoms. The van der Waals surface area contributed by atoms with E-state index in [-0.39, 0.29) is 17.2 Å². The van der Waals surface area contributed by atoms with Gasteiger partial charge in [-0.3, -0.25) is 9.59 Å². The van der Waals surface area contributed by atoms with Crippen molar-refractivity contribution in [2.24, 2.45) is 5.92 Å². The van der Waals surface area contributed by atoms with Crippen LogP contribution in [-0.2, 0) is 17.6 Å². The summed E-state index contributed by atoms with van der Waals surface area (Å²) in [5, 5.41) is 1.29. The standard InChI is InChI=1S/C15H19N3O2S2/c1-8-4-5-9-10(6-8)22-14-12(9)13(20)16-15(17-14)21-7-11(19)18(2)3/h8H,4-7H2,1-3H3,(H,16,17,20)/t8-/m0/s1. The SMILES string of the molecule is C[C@H]1CCc2c(sc3nc(SCC(=O)N(C)C)[nH]c(=O)c23)C1. The molecule has 0 saturated heterocycles. The van der Waals surface area contributed by atoms with E-state index in [0.717, 1.165) is 29.5 Å². The van der Waals surface area contributed by atoms with Crippen LogP contribution in [0.25, 0.3) is 10.2 Å². The average Bonchev–Trinajstić information content (AvgIpc) is 2.82. The number of aromatic amines is 1. The van der Waals surface area contributed by atoms with E-state index in [4.69, 9.17) is 0 Å². The second kappa shape index (κ2) is 6.04. The van der Waals surface area contributed by atoms with Gasteiger partial charge in [0.1, 0.15) is 4.83 Å². The van der Waals surface area contributed by atoms with Gasteiger partial charge in [0.15, 0.2) is 5.16 Å². The summed E-state index contributed by atoms with van der Waals surface area (Å²) in [4.78, 5) is 35.1. The molecular formula is C15H19N3O2S2. The highest BCUT2D eigenvalue weighted by atomic mass is 32.2. The Labute approximate surface area is 137 Å². The van der Waals surface area contributed by atoms with E-state index in [1.807, 2.05) is 0 Å². The van der Waals surface area contributed by atoms with Crippen LogP contribution in [-0.4, -0.2) is 40.6 Å². The zero-order valence-corrected chi connectivity index (χ0v) is 14.6. The Morgan fingerprint density at radius 2 is 2.27 bits per heavy atom. The molecule has 2 aromatic heterocycles. The van der Waals surface area contributed by atoms with Crippen LogP contribution in [0.3, 0.4) is 0 Å². The number of H-pyrrole nitrogens is 1. The summed E-state index contributed by atoms with van der Waals surface area (Å²) in [5.74, 6) is 0.960. The van der Waals surface area contributed by atoms with Crippen molar-refractivity contribution >= 4 is 39.2 Å². The number of thiophene rings is 1. The molecule has 0 unspecified atom stereocenters. The van der Waals surface area contributed by atoms with E-state index in [1.165, 1.54) is 27.1 Å². The lowest BCUT2D eigenvalue weighted by atomic mass is 9.89. The number of aromatic nitrogens is 2. The van der Waals surface area contributed by atoms with E-state index < -0.39 is 0 Å². The average molecular weight is 337 g/mol. The third-order valence-electron chi connectivity index (χ3n) is 3.97. The van der Waals surface area contributed by atoms with Crippen LogP contribution in [0.15, 0.2) is 9.95 Å². The van der Waals surface area contributed by atoms with Gasteiger partial charge >= 0.3 is 0 Å². The van der Waals surface area contributed by atoms with Crippen molar-refractivity contribution in [2.75, 3.05) is 19.8 Å². The maximum absolute atomic E-state index is 12.4. The Balaban J connectivity index is 1.93. The minimum Gasteiger partial charge on any atom is -0.348 e. The number of nitrogens with zero attached hydrogens (tertiary/aromatic N) is 2. The summed E-state index contributed by atoms with van der Waals surface area (Å²) < 4.78 is 0. The number of carbonyl (C=O) groups is 1. The zero-order valence-electron chi connectivity index (χ0n) is 12.9. The molecule has 1 aliphatic rings. The normalized spacial score (nSPS) is 17.5. The van der Waals surface area contributed by atoms with Gasteiger partial charge in [0.2, 0.25) is 5.91 Å². The topological polar surface area (TPSA) is 66.1 Å². The second-order valence-electron chi connectivity index (χ2n) is 5.98. The molecule has 1 amide bonds. The van der Waals surface area contributed by atoms with Gasteiger partial charge in [0.25, 0.3) is 5.56 Å². The van der Waals surface area contributed by atoms with Crippen molar-refractivity contribution in [3.63, 3.8) is 0 Å². The molecule has 1 atom stereocenters. The number of nitrogens with one attached hydrogen (secondary N) is 1. The predicted octanol–water partition coefficient (Wildman–Crippen LogP) is 2.29. The van der Waals surface area contributed by atoms with Crippen LogP contribution in [0.1, 0.15) is 23.8 Å². The Morgan fingerprint density at radius 1 is 1.50 bits per heavy atom. The zero-order chi connectivity index (χ0) is 15.9. The maximum Gasteiger partial charge on any atom is 0.260 e. The molecule has 0 spiro atoms. The third-order valence-corrected chi connectivity index (χ3v) is 5.98. The van der Waals surface area contributed by atoms with Crippen LogP contribution in [0.2, 0.25) is 0 Å². The predicted molar refractivity (Wildman–Crippen MR) is 90.8 cm³/mol. The summed E-state index contributed by atoms with van der Waals surface area (Å²) in [5.41, 5.74) is 1.12. The van der Waals surface area contributed by atoms with E-state index >= 15 is 0 Å². The van der Waals surface area contributed by atoms with E-state index in [0.29, 0.717) is 11.1 Å². The smallest absolute Gasteiger partial charge is 0.260 e. The molecule has 0 aliphatic heterocycles. The highest BCUT2D eigenvalue weighted by molar-refractivity contribution is 7.99. The first-order chi connectivity index (χ1) is 10.5. The fourth-order valence-corrected chi connectivity index (χ4v) is 4.94. The third kappa shape index (κ3) is 2.92. The molecule has 0 saturated carbocycles. The number of aryl methyl sites for hydroxylation is 1. The van der Waals surface area contributed by atoms with E-state index in [9.17, 15) is 9.59 Å². The summed E-state index contributed by atoms with van der Waals surface area (Å²) in [6.45, 7) is 2.25. The van der Waals surface area contributed by atoms with Crippen molar-refractivity contribution in [2.45, 2.75) is 31.3 Å². The highest BCUT2D eigenvalue weighted by Gasteiger charge is 2.23. The van der Waals surface area contributed by atoms with Gasteiger partial charge in [0.05, 0.1) is 11.1 Å². The number of carbonyl (C=O) groups excluding carboxylic acids is 1. The summed E-state index contributed by atoms with van der Waals surface area (Å²) in [6, 6.07) is 0. The fraction of sp³-hybridized carbons (Fsp3) is 0.533. The van der Waals surface area contributed by atoms with Crippen molar-refractivity contribution < 1.29 is 4.79 Å². The number of hydrogen-bond donors (Lipinski definition) is 1. The quantitative estimate of drug-likeness (QED) is 0.689. The lowest BCUT2D eigenvalue weighted by Crippen LogP contribution is -2.23. The molecule has 5 nitrogen and oxygen atoms in total. The Kier molecular flexibility index (Phi) is 4.27. The molecule has 0 aromatic carbocycles. The number of fused-ring (bicyclic) bond motifs is 3. The van der Waals surface area contributed by atoms with Gasteiger partial charge in [-0.25, -0.2) is 4.98 Å². The molecule has 2 heterocycles. The molecule has 118 valence electrons. The van der Waals surface area contributed by atoms with Crippen molar-refractivity contribution in [3.8, 4) is 0 Å². The summed E-state index contributed by atoms with van der Waals surface area (Å²) in [7, 11) is 3.44. The van der Waals surface area contributed by atoms with Gasteiger partial charge in [-0.1, -0.05) is 18.7 Å². The Morgan fingerprint density at radius 3 is 3.00 bits per heavy atom. The first-order valence-electron chi connectivity index (χ1n) is 7.33. The van der Waals surface area contributed by atoms with Gasteiger partial charge in [-0.15, -0.1) is 11.3 Å². The first kappa shape index (κ1) is 15.6. The second-order valence-corrected chi connectivity index (χ2v) is 8.03. The fourth-order valence-electron chi connectivity index (χ4n) is 2.66. The molecule has 1 N–H and O–H groups in total. The van der Waals surface area contributed by atoms with E-state index in [1.54, 1.807) is 25.4 Å². The lowest BCUT2D eigenvalue weighted by Gasteiger charge is -2.17. The van der Waals surface area contributed by atoms with Crippen LogP contribution in [0, 0.1) is 5.92 Å². The molecule has 3 rings (SSSR count). The minimum atomic E-state index is -0.0724. The highest BCUT2D eigenvalue weighted by Crippen LogP contribution is 2.36. The molecular weight excluding hydrogens is 318 g/mol. The Hall–Kier alpha value is -1.34. The van der Waals surface area contributed by atoms with Gasteiger partial charge in [-0.05, 0) is 30.7 Å². The number of rotatable bonds is 3. The summed E-state index contributed by atoms with van der Waals surface area (Å²) in [6.07, 6.45) is 3.14. The van der Waals surface area contributed by atoms with Gasteiger partial charge in [0, 0.05) is 19.0 Å². The van der Waals surface area contributed by atoms with E-state index in [2.05, 4.69) is 16.9 Å². The lowest BCUT2D eigenvalue weighted by molar-refractivity contribution is -0.125. The molecule has 0 bridgehead atoms. The van der Waals surface area contributed by atoms with Gasteiger partial charge in [-0.2, -0.15) is 0 Å². The number of hydrogen-bond acceptors (Lipinski definition) is 5. The van der Waals surface area contributed by atoms with Crippen LogP contribution >= 0.6 is 23.1 Å². The maximum atomic E-state index is 12.4. The van der Waals surface area contributed by atoms with Crippen molar-refractivity contribution in [3.05, 3.63) is 20.8 Å². The summed E-state index contributed by atoms with van der Waals surface area (Å²) >= 11 is 2.91. The molecule has 0 radical (unpaired) electrons. The minimum absolute atomic E-state index is 0.00652. The number of amides is 1. The molecule has 7 heteroatoms. The Bertz CT molecular complexity index is 779. The van der Waals surface area contributed by atoms with Crippen molar-refractivity contribution in [1.29, 1.82) is 0 Å². The van der Waals surface area contributed by atoms with Crippen molar-refractivity contribution in [1.82, 2.24) is 14.9 Å². The van der Waals surface area contributed by atoms with Crippen LogP contribution in [0.4, 0.5) is 0 Å². The first-order valence-corrected chi connectivity index (χ1v) is 9.13. The van der Waals surface area contributed by atoms with Crippen LogP contribution < -0.4 is 5.56 Å². The van der Waals surface area contributed by atoms with Gasteiger partial charge < -0.3 is 9.88 Å².